The SMILES string of the molecule is c1cnc2c(c1)nc(CC1CCOC1)n2C1CCCCN1. The largest absolute Gasteiger partial charge is 0.381 e. The van der Waals surface area contributed by atoms with Crippen molar-refractivity contribution in [3.05, 3.63) is 24.2 Å². The minimum absolute atomic E-state index is 0.343. The quantitative estimate of drug-likeness (QED) is 0.940. The van der Waals surface area contributed by atoms with Crippen molar-refractivity contribution in [3.8, 4) is 0 Å². The molecule has 2 unspecified atom stereocenters. The number of fused-ring (bicyclic) bond motifs is 1. The molecule has 21 heavy (non-hydrogen) atoms. The van der Waals surface area contributed by atoms with Crippen molar-refractivity contribution in [3.63, 3.8) is 0 Å². The molecule has 0 amide bonds. The molecule has 2 aromatic heterocycles. The first-order valence-electron chi connectivity index (χ1n) is 8.05. The molecule has 0 spiro atoms. The predicted molar refractivity (Wildman–Crippen MR) is 81.0 cm³/mol. The predicted octanol–water partition coefficient (Wildman–Crippen LogP) is 2.28. The van der Waals surface area contributed by atoms with Gasteiger partial charge in [0.2, 0.25) is 0 Å². The van der Waals surface area contributed by atoms with E-state index in [1.165, 1.54) is 18.7 Å². The van der Waals surface area contributed by atoms with Crippen LogP contribution in [-0.2, 0) is 11.2 Å². The van der Waals surface area contributed by atoms with Crippen LogP contribution in [0.25, 0.3) is 11.2 Å². The highest BCUT2D eigenvalue weighted by atomic mass is 16.5. The maximum Gasteiger partial charge on any atom is 0.161 e. The van der Waals surface area contributed by atoms with Gasteiger partial charge in [0.05, 0.1) is 6.17 Å². The Morgan fingerprint density at radius 2 is 2.33 bits per heavy atom. The summed E-state index contributed by atoms with van der Waals surface area (Å²) in [6, 6.07) is 4.03. The van der Waals surface area contributed by atoms with E-state index in [4.69, 9.17) is 9.72 Å². The zero-order valence-corrected chi connectivity index (χ0v) is 12.3. The molecule has 0 radical (unpaired) electrons. The van der Waals surface area contributed by atoms with E-state index in [1.54, 1.807) is 0 Å². The summed E-state index contributed by atoms with van der Waals surface area (Å²) in [7, 11) is 0. The number of ether oxygens (including phenoxy) is 1. The fraction of sp³-hybridized carbons (Fsp3) is 0.625. The Morgan fingerprint density at radius 3 is 3.14 bits per heavy atom. The van der Waals surface area contributed by atoms with E-state index in [9.17, 15) is 0 Å². The molecular weight excluding hydrogens is 264 g/mol. The van der Waals surface area contributed by atoms with Crippen LogP contribution in [-0.4, -0.2) is 34.3 Å². The lowest BCUT2D eigenvalue weighted by atomic mass is 10.0. The average molecular weight is 286 g/mol. The summed E-state index contributed by atoms with van der Waals surface area (Å²) in [5.41, 5.74) is 2.03. The van der Waals surface area contributed by atoms with Gasteiger partial charge < -0.3 is 4.74 Å². The number of rotatable bonds is 3. The lowest BCUT2D eigenvalue weighted by Crippen LogP contribution is -2.32. The Kier molecular flexibility index (Phi) is 3.61. The summed E-state index contributed by atoms with van der Waals surface area (Å²) in [6.45, 7) is 2.85. The van der Waals surface area contributed by atoms with Crippen LogP contribution in [0.4, 0.5) is 0 Å². The third-order valence-corrected chi connectivity index (χ3v) is 4.61. The Bertz CT molecular complexity index is 612. The number of hydrogen-bond donors (Lipinski definition) is 1. The Morgan fingerprint density at radius 1 is 1.33 bits per heavy atom. The highest BCUT2D eigenvalue weighted by Crippen LogP contribution is 2.27. The summed E-state index contributed by atoms with van der Waals surface area (Å²) in [5, 5.41) is 3.63. The van der Waals surface area contributed by atoms with E-state index in [0.717, 1.165) is 50.2 Å². The number of pyridine rings is 1. The van der Waals surface area contributed by atoms with E-state index in [2.05, 4.69) is 20.9 Å². The van der Waals surface area contributed by atoms with Gasteiger partial charge >= 0.3 is 0 Å². The second-order valence-electron chi connectivity index (χ2n) is 6.14. The molecule has 2 aliphatic heterocycles. The number of nitrogens with zero attached hydrogens (tertiary/aromatic N) is 3. The topological polar surface area (TPSA) is 52.0 Å². The van der Waals surface area contributed by atoms with Gasteiger partial charge in [-0.1, -0.05) is 0 Å². The standard InChI is InChI=1S/C16H22N4O/c1-2-7-17-14(5-1)20-15(10-12-6-9-21-11-12)19-13-4-3-8-18-16(13)20/h3-4,8,12,14,17H,1-2,5-7,9-11H2. The zero-order chi connectivity index (χ0) is 14.1. The molecule has 2 aliphatic rings. The van der Waals surface area contributed by atoms with E-state index >= 15 is 0 Å². The first-order valence-corrected chi connectivity index (χ1v) is 8.05. The van der Waals surface area contributed by atoms with Crippen molar-refractivity contribution in [2.75, 3.05) is 19.8 Å². The van der Waals surface area contributed by atoms with Crippen molar-refractivity contribution >= 4 is 11.2 Å². The molecule has 2 atom stereocenters. The molecule has 2 saturated heterocycles. The van der Waals surface area contributed by atoms with Crippen molar-refractivity contribution in [1.82, 2.24) is 19.9 Å². The van der Waals surface area contributed by atoms with Crippen molar-refractivity contribution in [1.29, 1.82) is 0 Å². The zero-order valence-electron chi connectivity index (χ0n) is 12.3. The molecule has 2 aromatic rings. The molecule has 4 heterocycles. The molecule has 0 bridgehead atoms. The fourth-order valence-corrected chi connectivity index (χ4v) is 3.50. The maximum absolute atomic E-state index is 5.52. The molecule has 0 saturated carbocycles. The number of piperidine rings is 1. The van der Waals surface area contributed by atoms with Gasteiger partial charge in [0.1, 0.15) is 11.3 Å². The average Bonchev–Trinajstić information content (AvgIpc) is 3.15. The minimum atomic E-state index is 0.343. The molecule has 5 nitrogen and oxygen atoms in total. The Balaban J connectivity index is 1.72. The van der Waals surface area contributed by atoms with Gasteiger partial charge in [0.25, 0.3) is 0 Å². The minimum Gasteiger partial charge on any atom is -0.381 e. The second-order valence-corrected chi connectivity index (χ2v) is 6.14. The molecule has 2 fully saturated rings. The molecule has 112 valence electrons. The number of imidazole rings is 1. The van der Waals surface area contributed by atoms with Crippen LogP contribution in [0.5, 0.6) is 0 Å². The van der Waals surface area contributed by atoms with Crippen molar-refractivity contribution in [2.45, 2.75) is 38.3 Å². The van der Waals surface area contributed by atoms with Gasteiger partial charge in [-0.3, -0.25) is 9.88 Å². The summed E-state index contributed by atoms with van der Waals surface area (Å²) >= 11 is 0. The van der Waals surface area contributed by atoms with Gasteiger partial charge in [-0.2, -0.15) is 0 Å². The number of nitrogens with one attached hydrogen (secondary N) is 1. The summed E-state index contributed by atoms with van der Waals surface area (Å²) < 4.78 is 7.86. The van der Waals surface area contributed by atoms with Crippen LogP contribution in [0.2, 0.25) is 0 Å². The summed E-state index contributed by atoms with van der Waals surface area (Å²) in [5.74, 6) is 1.77. The first-order chi connectivity index (χ1) is 10.4. The van der Waals surface area contributed by atoms with Crippen molar-refractivity contribution < 1.29 is 4.74 Å². The Hall–Kier alpha value is -1.46. The van der Waals surface area contributed by atoms with Crippen molar-refractivity contribution in [2.24, 2.45) is 5.92 Å². The first kappa shape index (κ1) is 13.2. The van der Waals surface area contributed by atoms with Crippen LogP contribution in [0, 0.1) is 5.92 Å². The van der Waals surface area contributed by atoms with Gasteiger partial charge in [-0.15, -0.1) is 0 Å². The maximum atomic E-state index is 5.52. The molecule has 0 aliphatic carbocycles. The van der Waals surface area contributed by atoms with Crippen LogP contribution >= 0.6 is 0 Å². The van der Waals surface area contributed by atoms with Gasteiger partial charge in [-0.25, -0.2) is 9.97 Å². The third-order valence-electron chi connectivity index (χ3n) is 4.61. The highest BCUT2D eigenvalue weighted by molar-refractivity contribution is 5.71. The molecule has 4 rings (SSSR count). The van der Waals surface area contributed by atoms with Crippen LogP contribution in [0.3, 0.4) is 0 Å². The molecule has 0 aromatic carbocycles. The van der Waals surface area contributed by atoms with Gasteiger partial charge in [-0.05, 0) is 50.3 Å². The van der Waals surface area contributed by atoms with Crippen LogP contribution < -0.4 is 5.32 Å². The Labute approximate surface area is 124 Å². The molecule has 5 heteroatoms. The molecule has 1 N–H and O–H groups in total. The second kappa shape index (κ2) is 5.73. The van der Waals surface area contributed by atoms with Gasteiger partial charge in [0.15, 0.2) is 5.65 Å². The monoisotopic (exact) mass is 286 g/mol. The number of hydrogen-bond acceptors (Lipinski definition) is 4. The normalized spacial score (nSPS) is 26.5. The van der Waals surface area contributed by atoms with Crippen LogP contribution in [0.1, 0.15) is 37.7 Å². The lowest BCUT2D eigenvalue weighted by molar-refractivity contribution is 0.185. The number of aromatic nitrogens is 3. The van der Waals surface area contributed by atoms with Gasteiger partial charge in [0, 0.05) is 25.8 Å². The van der Waals surface area contributed by atoms with Crippen LogP contribution in [0.15, 0.2) is 18.3 Å². The smallest absolute Gasteiger partial charge is 0.161 e. The van der Waals surface area contributed by atoms with E-state index in [1.807, 2.05) is 12.3 Å². The molecular formula is C16H22N4O. The highest BCUT2D eigenvalue weighted by Gasteiger charge is 2.25. The lowest BCUT2D eigenvalue weighted by Gasteiger charge is -2.27. The summed E-state index contributed by atoms with van der Waals surface area (Å²) in [4.78, 5) is 9.44. The fourth-order valence-electron chi connectivity index (χ4n) is 3.50. The van der Waals surface area contributed by atoms with E-state index in [-0.39, 0.29) is 0 Å². The van der Waals surface area contributed by atoms with E-state index < -0.39 is 0 Å². The third kappa shape index (κ3) is 2.56. The van der Waals surface area contributed by atoms with E-state index in [0.29, 0.717) is 12.1 Å². The summed E-state index contributed by atoms with van der Waals surface area (Å²) in [6.07, 6.45) is 8.06.